The van der Waals surface area contributed by atoms with Gasteiger partial charge in [-0.1, -0.05) is 6.42 Å². The molecule has 1 N–H and O–H groups in total. The van der Waals surface area contributed by atoms with E-state index in [9.17, 15) is 13.5 Å². The quantitative estimate of drug-likeness (QED) is 0.835. The summed E-state index contributed by atoms with van der Waals surface area (Å²) in [7, 11) is -0.876. The van der Waals surface area contributed by atoms with E-state index in [0.29, 0.717) is 6.42 Å². The van der Waals surface area contributed by atoms with Gasteiger partial charge in [-0.3, -0.25) is 0 Å². The maximum Gasteiger partial charge on any atom is 0.150 e. The van der Waals surface area contributed by atoms with Crippen molar-refractivity contribution in [1.82, 2.24) is 4.90 Å². The fourth-order valence-electron chi connectivity index (χ4n) is 3.71. The lowest BCUT2D eigenvalue weighted by atomic mass is 9.73. The highest BCUT2D eigenvalue weighted by atomic mass is 32.2. The summed E-state index contributed by atoms with van der Waals surface area (Å²) < 4.78 is 23.5. The Morgan fingerprint density at radius 3 is 2.58 bits per heavy atom. The van der Waals surface area contributed by atoms with Crippen molar-refractivity contribution in [2.24, 2.45) is 5.92 Å². The van der Waals surface area contributed by atoms with E-state index < -0.39 is 15.4 Å². The van der Waals surface area contributed by atoms with Crippen molar-refractivity contribution in [1.29, 1.82) is 0 Å². The summed E-state index contributed by atoms with van der Waals surface area (Å²) in [4.78, 5) is 2.26. The van der Waals surface area contributed by atoms with Gasteiger partial charge in [-0.25, -0.2) is 8.42 Å². The van der Waals surface area contributed by atoms with Crippen LogP contribution in [-0.4, -0.2) is 55.7 Å². The molecule has 1 aliphatic heterocycles. The van der Waals surface area contributed by atoms with E-state index in [1.54, 1.807) is 0 Å². The number of aliphatic hydroxyl groups is 1. The Morgan fingerprint density at radius 2 is 1.89 bits per heavy atom. The fourth-order valence-corrected chi connectivity index (χ4v) is 4.88. The molecule has 0 amide bonds. The Labute approximate surface area is 117 Å². The van der Waals surface area contributed by atoms with Gasteiger partial charge >= 0.3 is 0 Å². The normalized spacial score (nSPS) is 38.9. The van der Waals surface area contributed by atoms with Gasteiger partial charge in [0.25, 0.3) is 0 Å². The van der Waals surface area contributed by atoms with Gasteiger partial charge in [0.05, 0.1) is 10.9 Å². The highest BCUT2D eigenvalue weighted by molar-refractivity contribution is 7.91. The van der Waals surface area contributed by atoms with Crippen molar-refractivity contribution in [2.75, 3.05) is 26.4 Å². The number of hydrogen-bond acceptors (Lipinski definition) is 4. The fraction of sp³-hybridized carbons (Fsp3) is 1.00. The van der Waals surface area contributed by atoms with E-state index in [-0.39, 0.29) is 11.2 Å². The summed E-state index contributed by atoms with van der Waals surface area (Å²) >= 11 is 0. The van der Waals surface area contributed by atoms with Crippen LogP contribution in [0, 0.1) is 5.92 Å². The number of hydrogen-bond donors (Lipinski definition) is 1. The Balaban J connectivity index is 2.07. The maximum absolute atomic E-state index is 11.7. The molecule has 1 aliphatic carbocycles. The molecule has 0 radical (unpaired) electrons. The minimum absolute atomic E-state index is 0.160. The van der Waals surface area contributed by atoms with Gasteiger partial charge in [-0.05, 0) is 58.0 Å². The topological polar surface area (TPSA) is 57.6 Å². The maximum atomic E-state index is 11.7. The lowest BCUT2D eigenvalue weighted by Gasteiger charge is -2.40. The zero-order valence-electron chi connectivity index (χ0n) is 12.1. The second kappa shape index (κ2) is 5.70. The van der Waals surface area contributed by atoms with Crippen LogP contribution in [0.2, 0.25) is 0 Å². The number of rotatable bonds is 2. The van der Waals surface area contributed by atoms with Crippen LogP contribution in [0.25, 0.3) is 0 Å². The van der Waals surface area contributed by atoms with Gasteiger partial charge in [-0.2, -0.15) is 0 Å². The highest BCUT2D eigenvalue weighted by Gasteiger charge is 2.41. The molecule has 19 heavy (non-hydrogen) atoms. The monoisotopic (exact) mass is 289 g/mol. The first kappa shape index (κ1) is 15.3. The number of likely N-dealkylation sites (tertiary alicyclic amines) is 1. The van der Waals surface area contributed by atoms with Crippen molar-refractivity contribution >= 4 is 9.84 Å². The molecule has 1 saturated carbocycles. The summed E-state index contributed by atoms with van der Waals surface area (Å²) in [5.74, 6) is 0.160. The molecular formula is C14H27NO3S. The molecule has 2 aliphatic rings. The molecule has 2 fully saturated rings. The third-order valence-electron chi connectivity index (χ3n) is 5.07. The number of nitrogens with zero attached hydrogens (tertiary/aromatic N) is 1. The third-order valence-corrected chi connectivity index (χ3v) is 6.71. The van der Waals surface area contributed by atoms with E-state index in [1.165, 1.54) is 6.26 Å². The van der Waals surface area contributed by atoms with Crippen molar-refractivity contribution in [3.63, 3.8) is 0 Å². The van der Waals surface area contributed by atoms with Crippen LogP contribution in [0.4, 0.5) is 0 Å². The second-order valence-corrected chi connectivity index (χ2v) is 8.90. The summed E-state index contributed by atoms with van der Waals surface area (Å²) in [5, 5.41) is 10.7. The van der Waals surface area contributed by atoms with Crippen LogP contribution < -0.4 is 0 Å². The average Bonchev–Trinajstić information content (AvgIpc) is 2.52. The minimum atomic E-state index is -2.97. The summed E-state index contributed by atoms with van der Waals surface area (Å²) in [6, 6.07) is 0. The van der Waals surface area contributed by atoms with Crippen LogP contribution in [0.15, 0.2) is 0 Å². The third kappa shape index (κ3) is 3.70. The first-order valence-electron chi connectivity index (χ1n) is 7.41. The molecule has 0 aromatic heterocycles. The van der Waals surface area contributed by atoms with Crippen molar-refractivity contribution in [2.45, 2.75) is 55.8 Å². The van der Waals surface area contributed by atoms with Gasteiger partial charge in [0.2, 0.25) is 0 Å². The SMILES string of the molecule is CN1CCCC(O)(C2CCCC(S(C)(=O)=O)C2)CC1. The molecule has 2 rings (SSSR count). The molecule has 3 atom stereocenters. The van der Waals surface area contributed by atoms with Gasteiger partial charge in [0, 0.05) is 12.8 Å². The molecule has 3 unspecified atom stereocenters. The second-order valence-electron chi connectivity index (χ2n) is 6.58. The van der Waals surface area contributed by atoms with Crippen LogP contribution >= 0.6 is 0 Å². The van der Waals surface area contributed by atoms with E-state index in [4.69, 9.17) is 0 Å². The lowest BCUT2D eigenvalue weighted by molar-refractivity contribution is -0.0435. The molecule has 0 spiro atoms. The molecular weight excluding hydrogens is 262 g/mol. The molecule has 5 heteroatoms. The average molecular weight is 289 g/mol. The van der Waals surface area contributed by atoms with E-state index in [0.717, 1.165) is 51.6 Å². The Hall–Kier alpha value is -0.130. The summed E-state index contributed by atoms with van der Waals surface area (Å²) in [5.41, 5.74) is -0.645. The molecule has 1 saturated heterocycles. The first-order chi connectivity index (χ1) is 8.81. The molecule has 0 aromatic rings. The zero-order valence-corrected chi connectivity index (χ0v) is 13.0. The van der Waals surface area contributed by atoms with Crippen LogP contribution in [0.5, 0.6) is 0 Å². The van der Waals surface area contributed by atoms with Crippen molar-refractivity contribution in [3.05, 3.63) is 0 Å². The molecule has 4 nitrogen and oxygen atoms in total. The van der Waals surface area contributed by atoms with Gasteiger partial charge in [-0.15, -0.1) is 0 Å². The largest absolute Gasteiger partial charge is 0.390 e. The van der Waals surface area contributed by atoms with E-state index in [1.807, 2.05) is 0 Å². The predicted molar refractivity (Wildman–Crippen MR) is 76.9 cm³/mol. The van der Waals surface area contributed by atoms with E-state index >= 15 is 0 Å². The standard InChI is InChI=1S/C14H27NO3S/c1-15-9-4-7-14(16,8-10-15)12-5-3-6-13(11-12)19(2,17)18/h12-13,16H,3-11H2,1-2H3. The lowest BCUT2D eigenvalue weighted by Crippen LogP contribution is -2.43. The Bertz CT molecular complexity index is 409. The Kier molecular flexibility index (Phi) is 4.58. The minimum Gasteiger partial charge on any atom is -0.390 e. The van der Waals surface area contributed by atoms with Crippen molar-refractivity contribution in [3.8, 4) is 0 Å². The molecule has 1 heterocycles. The van der Waals surface area contributed by atoms with Gasteiger partial charge in [0.1, 0.15) is 9.84 Å². The van der Waals surface area contributed by atoms with Crippen LogP contribution in [0.1, 0.15) is 44.9 Å². The molecule has 0 bridgehead atoms. The summed E-state index contributed by atoms with van der Waals surface area (Å²) in [6.45, 7) is 1.95. The van der Waals surface area contributed by atoms with Gasteiger partial charge in [0.15, 0.2) is 0 Å². The first-order valence-corrected chi connectivity index (χ1v) is 9.36. The van der Waals surface area contributed by atoms with Crippen LogP contribution in [0.3, 0.4) is 0 Å². The summed E-state index contributed by atoms with van der Waals surface area (Å²) in [6.07, 6.45) is 7.28. The zero-order chi connectivity index (χ0) is 14.1. The Morgan fingerprint density at radius 1 is 1.16 bits per heavy atom. The predicted octanol–water partition coefficient (Wildman–Crippen LogP) is 1.44. The smallest absolute Gasteiger partial charge is 0.150 e. The molecule has 0 aromatic carbocycles. The number of sulfone groups is 1. The van der Waals surface area contributed by atoms with Crippen LogP contribution in [-0.2, 0) is 9.84 Å². The van der Waals surface area contributed by atoms with E-state index in [2.05, 4.69) is 11.9 Å². The highest BCUT2D eigenvalue weighted by Crippen LogP contribution is 2.40. The molecule has 112 valence electrons. The van der Waals surface area contributed by atoms with Crippen molar-refractivity contribution < 1.29 is 13.5 Å². The van der Waals surface area contributed by atoms with Gasteiger partial charge < -0.3 is 10.0 Å².